The first-order chi connectivity index (χ1) is 7.61. The average Bonchev–Trinajstić information content (AvgIpc) is 2.28. The van der Waals surface area contributed by atoms with Gasteiger partial charge in [0.1, 0.15) is 0 Å². The van der Waals surface area contributed by atoms with Crippen LogP contribution in [0.25, 0.3) is 0 Å². The van der Waals surface area contributed by atoms with E-state index in [0.717, 1.165) is 0 Å². The van der Waals surface area contributed by atoms with Crippen LogP contribution in [0.5, 0.6) is 11.5 Å². The van der Waals surface area contributed by atoms with E-state index in [1.807, 2.05) is 0 Å². The van der Waals surface area contributed by atoms with E-state index in [4.69, 9.17) is 4.74 Å². The predicted molar refractivity (Wildman–Crippen MR) is 56.3 cm³/mol. The molecule has 1 rings (SSSR count). The van der Waals surface area contributed by atoms with Gasteiger partial charge in [0.25, 0.3) is 0 Å². The van der Waals surface area contributed by atoms with Gasteiger partial charge in [-0.2, -0.15) is 0 Å². The van der Waals surface area contributed by atoms with E-state index in [9.17, 15) is 15.0 Å². The average molecular weight is 226 g/mol. The molecule has 0 aliphatic rings. The second kappa shape index (κ2) is 5.37. The van der Waals surface area contributed by atoms with Gasteiger partial charge < -0.3 is 19.7 Å². The van der Waals surface area contributed by atoms with Crippen LogP contribution in [0.2, 0.25) is 0 Å². The van der Waals surface area contributed by atoms with E-state index in [1.54, 1.807) is 6.92 Å². The Kier molecular flexibility index (Phi) is 4.13. The lowest BCUT2D eigenvalue weighted by atomic mass is 10.1. The summed E-state index contributed by atoms with van der Waals surface area (Å²) in [5, 5.41) is 19.2. The summed E-state index contributed by atoms with van der Waals surface area (Å²) < 4.78 is 9.58. The predicted octanol–water partition coefficient (Wildman–Crippen LogP) is 0.997. The number of ether oxygens (including phenoxy) is 2. The van der Waals surface area contributed by atoms with E-state index in [0.29, 0.717) is 0 Å². The summed E-state index contributed by atoms with van der Waals surface area (Å²) in [6.07, 6.45) is -1.46. The Morgan fingerprint density at radius 2 is 2.19 bits per heavy atom. The van der Waals surface area contributed by atoms with Crippen molar-refractivity contribution in [3.05, 3.63) is 23.8 Å². The van der Waals surface area contributed by atoms with Crippen LogP contribution in [-0.2, 0) is 9.53 Å². The summed E-state index contributed by atoms with van der Waals surface area (Å²) in [7, 11) is 1.34. The smallest absolute Gasteiger partial charge is 0.339 e. The van der Waals surface area contributed by atoms with Gasteiger partial charge in [-0.3, -0.25) is 0 Å². The van der Waals surface area contributed by atoms with Crippen LogP contribution in [0.4, 0.5) is 0 Å². The molecule has 0 saturated carbocycles. The number of aliphatic hydroxyl groups excluding tert-OH is 1. The minimum atomic E-state index is -1.46. The number of carbonyl (C=O) groups is 1. The monoisotopic (exact) mass is 226 g/mol. The summed E-state index contributed by atoms with van der Waals surface area (Å²) in [6.45, 7) is 1.82. The van der Waals surface area contributed by atoms with Gasteiger partial charge in [-0.1, -0.05) is 12.1 Å². The number of aliphatic hydroxyl groups is 1. The highest BCUT2D eigenvalue weighted by atomic mass is 16.5. The van der Waals surface area contributed by atoms with E-state index in [-0.39, 0.29) is 23.7 Å². The molecule has 1 atom stereocenters. The number of aromatic hydroxyl groups is 1. The fraction of sp³-hybridized carbons (Fsp3) is 0.364. The molecule has 0 heterocycles. The maximum Gasteiger partial charge on any atom is 0.339 e. The molecule has 0 aliphatic heterocycles. The molecule has 0 saturated heterocycles. The normalized spacial score (nSPS) is 11.9. The molecule has 1 unspecified atom stereocenters. The number of rotatable bonds is 4. The SMILES string of the molecule is CCOC(=O)C(O)c1cccc(O)c1OC. The van der Waals surface area contributed by atoms with Gasteiger partial charge in [-0.05, 0) is 13.0 Å². The molecule has 88 valence electrons. The second-order valence-corrected chi connectivity index (χ2v) is 3.05. The first kappa shape index (κ1) is 12.3. The van der Waals surface area contributed by atoms with E-state index < -0.39 is 12.1 Å². The van der Waals surface area contributed by atoms with Gasteiger partial charge in [-0.15, -0.1) is 0 Å². The molecule has 0 fully saturated rings. The Morgan fingerprint density at radius 1 is 1.50 bits per heavy atom. The van der Waals surface area contributed by atoms with Crippen molar-refractivity contribution in [3.8, 4) is 11.5 Å². The van der Waals surface area contributed by atoms with Crippen LogP contribution in [0.1, 0.15) is 18.6 Å². The molecule has 0 aliphatic carbocycles. The van der Waals surface area contributed by atoms with Crippen LogP contribution >= 0.6 is 0 Å². The van der Waals surface area contributed by atoms with Crippen molar-refractivity contribution in [1.29, 1.82) is 0 Å². The zero-order valence-electron chi connectivity index (χ0n) is 9.14. The van der Waals surface area contributed by atoms with Crippen LogP contribution in [-0.4, -0.2) is 29.9 Å². The number of phenolic OH excluding ortho intramolecular Hbond substituents is 1. The third-order valence-electron chi connectivity index (χ3n) is 2.03. The third kappa shape index (κ3) is 2.43. The van der Waals surface area contributed by atoms with E-state index in [1.165, 1.54) is 25.3 Å². The standard InChI is InChI=1S/C11H14O5/c1-3-16-11(14)9(13)7-5-4-6-8(12)10(7)15-2/h4-6,9,12-13H,3H2,1-2H3. The van der Waals surface area contributed by atoms with Crippen molar-refractivity contribution >= 4 is 5.97 Å². The van der Waals surface area contributed by atoms with Gasteiger partial charge in [0.2, 0.25) is 0 Å². The topological polar surface area (TPSA) is 76.0 Å². The minimum absolute atomic E-state index is 0.0723. The number of hydrogen-bond donors (Lipinski definition) is 2. The molecule has 2 N–H and O–H groups in total. The molecule has 0 aromatic heterocycles. The molecule has 1 aromatic carbocycles. The minimum Gasteiger partial charge on any atom is -0.504 e. The first-order valence-electron chi connectivity index (χ1n) is 4.82. The Labute approximate surface area is 93.2 Å². The molecule has 5 nitrogen and oxygen atoms in total. The highest BCUT2D eigenvalue weighted by Crippen LogP contribution is 2.33. The first-order valence-corrected chi connectivity index (χ1v) is 4.82. The molecule has 0 spiro atoms. The van der Waals surface area contributed by atoms with E-state index in [2.05, 4.69) is 4.74 Å². The molecule has 5 heteroatoms. The van der Waals surface area contributed by atoms with Gasteiger partial charge in [0.05, 0.1) is 13.7 Å². The molecule has 0 amide bonds. The van der Waals surface area contributed by atoms with Crippen molar-refractivity contribution in [2.75, 3.05) is 13.7 Å². The lowest BCUT2D eigenvalue weighted by Crippen LogP contribution is -2.16. The number of hydrogen-bond acceptors (Lipinski definition) is 5. The number of benzene rings is 1. The number of carbonyl (C=O) groups excluding carboxylic acids is 1. The fourth-order valence-corrected chi connectivity index (χ4v) is 1.33. The maximum absolute atomic E-state index is 11.3. The summed E-state index contributed by atoms with van der Waals surface area (Å²) in [5.74, 6) is -0.835. The van der Waals surface area contributed by atoms with Gasteiger partial charge in [0, 0.05) is 5.56 Å². The van der Waals surface area contributed by atoms with Crippen molar-refractivity contribution in [2.45, 2.75) is 13.0 Å². The molecular formula is C11H14O5. The fourth-order valence-electron chi connectivity index (χ4n) is 1.33. The Bertz CT molecular complexity index is 375. The van der Waals surface area contributed by atoms with Crippen LogP contribution in [0, 0.1) is 0 Å². The van der Waals surface area contributed by atoms with Gasteiger partial charge >= 0.3 is 5.97 Å². The summed E-state index contributed by atoms with van der Waals surface area (Å²) >= 11 is 0. The summed E-state index contributed by atoms with van der Waals surface area (Å²) in [6, 6.07) is 4.40. The Hall–Kier alpha value is -1.75. The number of esters is 1. The Morgan fingerprint density at radius 3 is 2.75 bits per heavy atom. The number of methoxy groups -OCH3 is 1. The van der Waals surface area contributed by atoms with Gasteiger partial charge in [-0.25, -0.2) is 4.79 Å². The molecular weight excluding hydrogens is 212 g/mol. The number of para-hydroxylation sites is 1. The van der Waals surface area contributed by atoms with Crippen LogP contribution in [0.3, 0.4) is 0 Å². The molecule has 0 bridgehead atoms. The van der Waals surface area contributed by atoms with Crippen LogP contribution in [0.15, 0.2) is 18.2 Å². The lowest BCUT2D eigenvalue weighted by molar-refractivity contribution is -0.153. The van der Waals surface area contributed by atoms with Crippen LogP contribution < -0.4 is 4.74 Å². The highest BCUT2D eigenvalue weighted by molar-refractivity contribution is 5.77. The molecule has 1 aromatic rings. The zero-order valence-corrected chi connectivity index (χ0v) is 9.14. The summed E-state index contributed by atoms with van der Waals surface area (Å²) in [4.78, 5) is 11.3. The number of phenols is 1. The quantitative estimate of drug-likeness (QED) is 0.749. The van der Waals surface area contributed by atoms with Crippen molar-refractivity contribution < 1.29 is 24.5 Å². The van der Waals surface area contributed by atoms with Gasteiger partial charge in [0.15, 0.2) is 17.6 Å². The summed E-state index contributed by atoms with van der Waals surface area (Å²) in [5.41, 5.74) is 0.181. The van der Waals surface area contributed by atoms with Crippen molar-refractivity contribution in [1.82, 2.24) is 0 Å². The van der Waals surface area contributed by atoms with Crippen molar-refractivity contribution in [3.63, 3.8) is 0 Å². The molecule has 0 radical (unpaired) electrons. The highest BCUT2D eigenvalue weighted by Gasteiger charge is 2.23. The molecule has 16 heavy (non-hydrogen) atoms. The maximum atomic E-state index is 11.3. The zero-order chi connectivity index (χ0) is 12.1. The third-order valence-corrected chi connectivity index (χ3v) is 2.03. The second-order valence-electron chi connectivity index (χ2n) is 3.05. The van der Waals surface area contributed by atoms with Crippen molar-refractivity contribution in [2.24, 2.45) is 0 Å². The lowest BCUT2D eigenvalue weighted by Gasteiger charge is -2.14. The Balaban J connectivity index is 3.03. The van der Waals surface area contributed by atoms with E-state index >= 15 is 0 Å². The largest absolute Gasteiger partial charge is 0.504 e.